The molecule has 0 fully saturated rings. The number of carbonyl (C=O) groups is 1. The van der Waals surface area contributed by atoms with Crippen LogP contribution in [-0.2, 0) is 6.42 Å². The van der Waals surface area contributed by atoms with Gasteiger partial charge in [0.2, 0.25) is 0 Å². The second kappa shape index (κ2) is 6.79. The van der Waals surface area contributed by atoms with Crippen LogP contribution in [0.1, 0.15) is 21.5 Å². The number of aromatic hydroxyl groups is 1. The van der Waals surface area contributed by atoms with E-state index in [2.05, 4.69) is 5.32 Å². The number of phenols is 1. The third-order valence-corrected chi connectivity index (χ3v) is 3.24. The Morgan fingerprint density at radius 3 is 2.57 bits per heavy atom. The van der Waals surface area contributed by atoms with Crippen LogP contribution in [0.25, 0.3) is 0 Å². The van der Waals surface area contributed by atoms with E-state index in [0.717, 1.165) is 11.1 Å². The van der Waals surface area contributed by atoms with Gasteiger partial charge in [-0.2, -0.15) is 0 Å². The predicted molar refractivity (Wildman–Crippen MR) is 81.9 cm³/mol. The Hall–Kier alpha value is -2.49. The summed E-state index contributed by atoms with van der Waals surface area (Å²) < 4.78 is 5.21. The first-order valence-corrected chi connectivity index (χ1v) is 6.81. The van der Waals surface area contributed by atoms with E-state index >= 15 is 0 Å². The second-order valence-corrected chi connectivity index (χ2v) is 4.88. The fourth-order valence-corrected chi connectivity index (χ4v) is 2.08. The molecular weight excluding hydrogens is 266 g/mol. The normalized spacial score (nSPS) is 10.2. The van der Waals surface area contributed by atoms with Crippen LogP contribution < -0.4 is 10.1 Å². The molecule has 2 aromatic carbocycles. The molecule has 0 heterocycles. The molecule has 0 bridgehead atoms. The van der Waals surface area contributed by atoms with Gasteiger partial charge in [0.1, 0.15) is 11.5 Å². The molecular formula is C17H19NO3. The molecule has 21 heavy (non-hydrogen) atoms. The number of carbonyl (C=O) groups excluding carboxylic acids is 1. The maximum atomic E-state index is 12.2. The lowest BCUT2D eigenvalue weighted by Gasteiger charge is -2.10. The van der Waals surface area contributed by atoms with Gasteiger partial charge in [0.05, 0.1) is 12.7 Å². The van der Waals surface area contributed by atoms with Crippen molar-refractivity contribution in [2.75, 3.05) is 13.7 Å². The zero-order valence-electron chi connectivity index (χ0n) is 12.2. The fourth-order valence-electron chi connectivity index (χ4n) is 2.08. The number of amides is 1. The number of methoxy groups -OCH3 is 1. The predicted octanol–water partition coefficient (Wildman–Crippen LogP) is 2.68. The van der Waals surface area contributed by atoms with Crippen molar-refractivity contribution in [3.05, 3.63) is 59.2 Å². The highest BCUT2D eigenvalue weighted by Gasteiger charge is 2.11. The van der Waals surface area contributed by atoms with Crippen molar-refractivity contribution in [1.82, 2.24) is 5.32 Å². The van der Waals surface area contributed by atoms with E-state index in [1.54, 1.807) is 25.3 Å². The van der Waals surface area contributed by atoms with E-state index in [1.807, 2.05) is 31.2 Å². The first kappa shape index (κ1) is 14.9. The fraction of sp³-hybridized carbons (Fsp3) is 0.235. The molecule has 2 rings (SSSR count). The smallest absolute Gasteiger partial charge is 0.255 e. The molecule has 4 nitrogen and oxygen atoms in total. The summed E-state index contributed by atoms with van der Waals surface area (Å²) in [6, 6.07) is 12.5. The van der Waals surface area contributed by atoms with Gasteiger partial charge in [-0.1, -0.05) is 23.8 Å². The second-order valence-electron chi connectivity index (χ2n) is 4.88. The standard InChI is InChI=1S/C17H19NO3/c1-12-3-8-16(21-2)15(11-12)17(20)18-10-9-13-4-6-14(19)7-5-13/h3-8,11,19H,9-10H2,1-2H3,(H,18,20). The Morgan fingerprint density at radius 2 is 1.90 bits per heavy atom. The zero-order chi connectivity index (χ0) is 15.2. The average molecular weight is 285 g/mol. The van der Waals surface area contributed by atoms with Gasteiger partial charge in [-0.3, -0.25) is 4.79 Å². The van der Waals surface area contributed by atoms with E-state index in [9.17, 15) is 9.90 Å². The number of hydrogen-bond donors (Lipinski definition) is 2. The maximum absolute atomic E-state index is 12.2. The lowest BCUT2D eigenvalue weighted by molar-refractivity contribution is 0.0951. The lowest BCUT2D eigenvalue weighted by atomic mass is 10.1. The highest BCUT2D eigenvalue weighted by atomic mass is 16.5. The molecule has 4 heteroatoms. The van der Waals surface area contributed by atoms with Crippen molar-refractivity contribution in [1.29, 1.82) is 0 Å². The van der Waals surface area contributed by atoms with Gasteiger partial charge in [0, 0.05) is 6.54 Å². The molecule has 0 saturated heterocycles. The van der Waals surface area contributed by atoms with E-state index in [4.69, 9.17) is 4.74 Å². The Bertz CT molecular complexity index is 620. The van der Waals surface area contributed by atoms with Crippen molar-refractivity contribution in [3.63, 3.8) is 0 Å². The Balaban J connectivity index is 1.95. The van der Waals surface area contributed by atoms with Crippen molar-refractivity contribution >= 4 is 5.91 Å². The van der Waals surface area contributed by atoms with Crippen LogP contribution in [0, 0.1) is 6.92 Å². The van der Waals surface area contributed by atoms with Gasteiger partial charge in [0.25, 0.3) is 5.91 Å². The first-order chi connectivity index (χ1) is 10.1. The van der Waals surface area contributed by atoms with Crippen LogP contribution in [0.3, 0.4) is 0 Å². The number of aryl methyl sites for hydroxylation is 1. The van der Waals surface area contributed by atoms with Crippen LogP contribution in [0.15, 0.2) is 42.5 Å². The number of phenolic OH excluding ortho intramolecular Hbond substituents is 1. The van der Waals surface area contributed by atoms with Gasteiger partial charge in [-0.05, 0) is 43.2 Å². The minimum Gasteiger partial charge on any atom is -0.508 e. The Morgan fingerprint density at radius 1 is 1.19 bits per heavy atom. The van der Waals surface area contributed by atoms with Gasteiger partial charge in [0.15, 0.2) is 0 Å². The molecule has 0 aliphatic carbocycles. The molecule has 0 aliphatic rings. The first-order valence-electron chi connectivity index (χ1n) is 6.81. The molecule has 2 aromatic rings. The van der Waals surface area contributed by atoms with Crippen LogP contribution in [-0.4, -0.2) is 24.7 Å². The topological polar surface area (TPSA) is 58.6 Å². The number of hydrogen-bond acceptors (Lipinski definition) is 3. The third kappa shape index (κ3) is 3.99. The van der Waals surface area contributed by atoms with Crippen LogP contribution in [0.4, 0.5) is 0 Å². The molecule has 0 aliphatic heterocycles. The highest BCUT2D eigenvalue weighted by Crippen LogP contribution is 2.19. The molecule has 0 radical (unpaired) electrons. The number of rotatable bonds is 5. The van der Waals surface area contributed by atoms with Crippen molar-refractivity contribution in [2.24, 2.45) is 0 Å². The van der Waals surface area contributed by atoms with Gasteiger partial charge >= 0.3 is 0 Å². The summed E-state index contributed by atoms with van der Waals surface area (Å²) in [4.78, 5) is 12.2. The molecule has 0 atom stereocenters. The summed E-state index contributed by atoms with van der Waals surface area (Å²) in [5, 5.41) is 12.1. The number of benzene rings is 2. The van der Waals surface area contributed by atoms with Crippen molar-refractivity contribution < 1.29 is 14.6 Å². The van der Waals surface area contributed by atoms with Gasteiger partial charge < -0.3 is 15.2 Å². The minimum absolute atomic E-state index is 0.144. The van der Waals surface area contributed by atoms with Gasteiger partial charge in [-0.25, -0.2) is 0 Å². The minimum atomic E-state index is -0.144. The summed E-state index contributed by atoms with van der Waals surface area (Å²) in [5.41, 5.74) is 2.62. The Kier molecular flexibility index (Phi) is 4.82. The average Bonchev–Trinajstić information content (AvgIpc) is 2.49. The summed E-state index contributed by atoms with van der Waals surface area (Å²) >= 11 is 0. The molecule has 0 saturated carbocycles. The van der Waals surface area contributed by atoms with Crippen LogP contribution in [0.5, 0.6) is 11.5 Å². The summed E-state index contributed by atoms with van der Waals surface area (Å²) in [6.45, 7) is 2.47. The number of nitrogens with one attached hydrogen (secondary N) is 1. The summed E-state index contributed by atoms with van der Waals surface area (Å²) in [7, 11) is 1.55. The Labute approximate surface area is 124 Å². The van der Waals surface area contributed by atoms with Crippen LogP contribution in [0.2, 0.25) is 0 Å². The summed E-state index contributed by atoms with van der Waals surface area (Å²) in [6.07, 6.45) is 0.708. The quantitative estimate of drug-likeness (QED) is 0.888. The van der Waals surface area contributed by atoms with Crippen LogP contribution >= 0.6 is 0 Å². The van der Waals surface area contributed by atoms with Crippen molar-refractivity contribution in [3.8, 4) is 11.5 Å². The highest BCUT2D eigenvalue weighted by molar-refractivity contribution is 5.97. The summed E-state index contributed by atoms with van der Waals surface area (Å²) in [5.74, 6) is 0.671. The third-order valence-electron chi connectivity index (χ3n) is 3.24. The SMILES string of the molecule is COc1ccc(C)cc1C(=O)NCCc1ccc(O)cc1. The van der Waals surface area contributed by atoms with E-state index in [1.165, 1.54) is 0 Å². The van der Waals surface area contributed by atoms with E-state index in [0.29, 0.717) is 24.3 Å². The number of ether oxygens (including phenoxy) is 1. The monoisotopic (exact) mass is 285 g/mol. The molecule has 1 amide bonds. The maximum Gasteiger partial charge on any atom is 0.255 e. The lowest BCUT2D eigenvalue weighted by Crippen LogP contribution is -2.26. The van der Waals surface area contributed by atoms with E-state index < -0.39 is 0 Å². The van der Waals surface area contributed by atoms with E-state index in [-0.39, 0.29) is 11.7 Å². The zero-order valence-corrected chi connectivity index (χ0v) is 12.2. The largest absolute Gasteiger partial charge is 0.508 e. The molecule has 0 aromatic heterocycles. The van der Waals surface area contributed by atoms with Gasteiger partial charge in [-0.15, -0.1) is 0 Å². The molecule has 0 unspecified atom stereocenters. The molecule has 110 valence electrons. The molecule has 0 spiro atoms. The molecule has 2 N–H and O–H groups in total. The van der Waals surface area contributed by atoms with Crippen molar-refractivity contribution in [2.45, 2.75) is 13.3 Å².